The molecule has 0 fully saturated rings. The van der Waals surface area contributed by atoms with E-state index in [0.29, 0.717) is 6.61 Å². The van der Waals surface area contributed by atoms with E-state index in [1.54, 1.807) is 12.1 Å². The van der Waals surface area contributed by atoms with Crippen molar-refractivity contribution < 1.29 is 9.13 Å². The lowest BCUT2D eigenvalue weighted by Crippen LogP contribution is -2.38. The summed E-state index contributed by atoms with van der Waals surface area (Å²) < 4.78 is 21.8. The van der Waals surface area contributed by atoms with Crippen LogP contribution in [0.4, 0.5) is 4.39 Å². The first kappa shape index (κ1) is 20.6. The van der Waals surface area contributed by atoms with Gasteiger partial charge in [-0.15, -0.1) is 0 Å². The second-order valence-electron chi connectivity index (χ2n) is 8.25. The molecule has 3 aromatic carbocycles. The Morgan fingerprint density at radius 2 is 1.50 bits per heavy atom. The summed E-state index contributed by atoms with van der Waals surface area (Å²) in [5.74, 6) is 0.684. The van der Waals surface area contributed by atoms with Crippen molar-refractivity contribution in [1.29, 1.82) is 0 Å². The second-order valence-corrected chi connectivity index (χ2v) is 8.25. The van der Waals surface area contributed by atoms with Crippen LogP contribution >= 0.6 is 0 Å². The number of fused-ring (bicyclic) bond motifs is 1. The largest absolute Gasteiger partial charge is 0.367 e. The van der Waals surface area contributed by atoms with Crippen LogP contribution in [-0.4, -0.2) is 27.1 Å². The summed E-state index contributed by atoms with van der Waals surface area (Å²) in [5.41, 5.74) is 4.55. The molecular formula is C27H26FN3O. The fourth-order valence-corrected chi connectivity index (χ4v) is 4.30. The topological polar surface area (TPSA) is 30.3 Å². The zero-order valence-electron chi connectivity index (χ0n) is 17.9. The van der Waals surface area contributed by atoms with E-state index >= 15 is 0 Å². The molecule has 4 nitrogen and oxygen atoms in total. The van der Waals surface area contributed by atoms with Crippen molar-refractivity contribution in [3.05, 3.63) is 114 Å². The Kier molecular flexibility index (Phi) is 6.10. The van der Waals surface area contributed by atoms with Crippen LogP contribution in [0.25, 0.3) is 11.3 Å². The standard InChI is InChI=1S/C27H26FN3O/c28-24-13-11-23(12-14-24)26-15-29-27-20-32-25(19-31(26)27)18-30(16-21-7-3-1-4-8-21)17-22-9-5-2-6-10-22/h1-15,25H,16-20H2. The number of rotatable bonds is 7. The summed E-state index contributed by atoms with van der Waals surface area (Å²) >= 11 is 0. The predicted molar refractivity (Wildman–Crippen MR) is 123 cm³/mol. The molecule has 162 valence electrons. The van der Waals surface area contributed by atoms with Crippen LogP contribution in [0.2, 0.25) is 0 Å². The molecule has 1 atom stereocenters. The predicted octanol–water partition coefficient (Wildman–Crippen LogP) is 5.29. The van der Waals surface area contributed by atoms with Gasteiger partial charge in [0.2, 0.25) is 0 Å². The van der Waals surface area contributed by atoms with Gasteiger partial charge in [0.15, 0.2) is 0 Å². The Balaban J connectivity index is 1.34. The van der Waals surface area contributed by atoms with Crippen molar-refractivity contribution in [2.75, 3.05) is 6.54 Å². The normalized spacial score (nSPS) is 15.6. The molecule has 0 radical (unpaired) electrons. The smallest absolute Gasteiger partial charge is 0.135 e. The van der Waals surface area contributed by atoms with Crippen LogP contribution in [0.15, 0.2) is 91.1 Å². The number of nitrogens with zero attached hydrogens (tertiary/aromatic N) is 3. The van der Waals surface area contributed by atoms with Gasteiger partial charge in [0, 0.05) is 19.6 Å². The Hall–Kier alpha value is -3.28. The molecule has 0 bridgehead atoms. The molecule has 0 N–H and O–H groups in total. The van der Waals surface area contributed by atoms with Gasteiger partial charge in [-0.2, -0.15) is 0 Å². The third-order valence-electron chi connectivity index (χ3n) is 5.87. The monoisotopic (exact) mass is 427 g/mol. The van der Waals surface area contributed by atoms with E-state index in [1.165, 1.54) is 23.3 Å². The van der Waals surface area contributed by atoms with Crippen LogP contribution in [0.5, 0.6) is 0 Å². The maximum Gasteiger partial charge on any atom is 0.135 e. The molecule has 5 heteroatoms. The molecule has 32 heavy (non-hydrogen) atoms. The summed E-state index contributed by atoms with van der Waals surface area (Å²) in [4.78, 5) is 6.97. The highest BCUT2D eigenvalue weighted by Gasteiger charge is 2.25. The highest BCUT2D eigenvalue weighted by Crippen LogP contribution is 2.26. The molecule has 0 aliphatic carbocycles. The van der Waals surface area contributed by atoms with E-state index in [1.807, 2.05) is 18.3 Å². The van der Waals surface area contributed by atoms with E-state index in [0.717, 1.165) is 43.3 Å². The van der Waals surface area contributed by atoms with Crippen molar-refractivity contribution in [2.24, 2.45) is 0 Å². The molecular weight excluding hydrogens is 401 g/mol. The third-order valence-corrected chi connectivity index (χ3v) is 5.87. The van der Waals surface area contributed by atoms with Gasteiger partial charge in [0.1, 0.15) is 18.2 Å². The van der Waals surface area contributed by atoms with Gasteiger partial charge in [-0.3, -0.25) is 4.90 Å². The van der Waals surface area contributed by atoms with Crippen LogP contribution in [0.1, 0.15) is 17.0 Å². The zero-order chi connectivity index (χ0) is 21.8. The molecule has 0 saturated heterocycles. The summed E-state index contributed by atoms with van der Waals surface area (Å²) in [6.45, 7) is 3.73. The fourth-order valence-electron chi connectivity index (χ4n) is 4.30. The first-order valence-corrected chi connectivity index (χ1v) is 11.0. The molecule has 0 amide bonds. The lowest BCUT2D eigenvalue weighted by molar-refractivity contribution is -0.0206. The average Bonchev–Trinajstić information content (AvgIpc) is 3.24. The van der Waals surface area contributed by atoms with E-state index in [9.17, 15) is 4.39 Å². The van der Waals surface area contributed by atoms with Gasteiger partial charge < -0.3 is 9.30 Å². The molecule has 1 aliphatic heterocycles. The van der Waals surface area contributed by atoms with Crippen LogP contribution in [0.3, 0.4) is 0 Å². The van der Waals surface area contributed by atoms with Gasteiger partial charge in [-0.25, -0.2) is 9.37 Å². The maximum absolute atomic E-state index is 13.4. The fraction of sp³-hybridized carbons (Fsp3) is 0.222. The van der Waals surface area contributed by atoms with Crippen molar-refractivity contribution in [1.82, 2.24) is 14.5 Å². The molecule has 4 aromatic rings. The second kappa shape index (κ2) is 9.47. The van der Waals surface area contributed by atoms with Gasteiger partial charge in [0.25, 0.3) is 0 Å². The Morgan fingerprint density at radius 1 is 0.875 bits per heavy atom. The molecule has 1 aliphatic rings. The molecule has 1 aromatic heterocycles. The lowest BCUT2D eigenvalue weighted by atomic mass is 10.1. The van der Waals surface area contributed by atoms with E-state index < -0.39 is 0 Å². The van der Waals surface area contributed by atoms with Crippen molar-refractivity contribution in [3.63, 3.8) is 0 Å². The number of ether oxygens (including phenoxy) is 1. The minimum Gasteiger partial charge on any atom is -0.367 e. The highest BCUT2D eigenvalue weighted by molar-refractivity contribution is 5.59. The van der Waals surface area contributed by atoms with E-state index in [2.05, 4.69) is 63.0 Å². The first-order chi connectivity index (χ1) is 15.7. The average molecular weight is 428 g/mol. The highest BCUT2D eigenvalue weighted by atomic mass is 19.1. The van der Waals surface area contributed by atoms with Gasteiger partial charge in [-0.1, -0.05) is 60.7 Å². The number of imidazole rings is 1. The number of benzene rings is 3. The summed E-state index contributed by atoms with van der Waals surface area (Å²) in [5, 5.41) is 0. The van der Waals surface area contributed by atoms with Crippen molar-refractivity contribution >= 4 is 0 Å². The SMILES string of the molecule is Fc1ccc(-c2cnc3n2CC(CN(Cc2ccccc2)Cc2ccccc2)OC3)cc1. The van der Waals surface area contributed by atoms with E-state index in [4.69, 9.17) is 4.74 Å². The van der Waals surface area contributed by atoms with Gasteiger partial charge in [0.05, 0.1) is 24.5 Å². The van der Waals surface area contributed by atoms with Crippen molar-refractivity contribution in [3.8, 4) is 11.3 Å². The molecule has 0 spiro atoms. The quantitative estimate of drug-likeness (QED) is 0.401. The van der Waals surface area contributed by atoms with Crippen molar-refractivity contribution in [2.45, 2.75) is 32.3 Å². The van der Waals surface area contributed by atoms with Crippen LogP contribution in [0, 0.1) is 5.82 Å². The number of halogens is 1. The maximum atomic E-state index is 13.4. The number of hydrogen-bond acceptors (Lipinski definition) is 3. The Bertz CT molecular complexity index is 1100. The summed E-state index contributed by atoms with van der Waals surface area (Å²) in [7, 11) is 0. The minimum absolute atomic E-state index is 0.0447. The van der Waals surface area contributed by atoms with Crippen LogP contribution in [-0.2, 0) is 31.0 Å². The molecule has 0 saturated carbocycles. The number of aromatic nitrogens is 2. The minimum atomic E-state index is -0.231. The van der Waals surface area contributed by atoms with Gasteiger partial charge >= 0.3 is 0 Å². The lowest BCUT2D eigenvalue weighted by Gasteiger charge is -2.31. The van der Waals surface area contributed by atoms with Crippen LogP contribution < -0.4 is 0 Å². The Labute approximate surface area is 187 Å². The summed E-state index contributed by atoms with van der Waals surface area (Å²) in [6.07, 6.45) is 1.91. The molecule has 1 unspecified atom stereocenters. The zero-order valence-corrected chi connectivity index (χ0v) is 17.9. The number of hydrogen-bond donors (Lipinski definition) is 0. The van der Waals surface area contributed by atoms with Gasteiger partial charge in [-0.05, 0) is 41.0 Å². The summed E-state index contributed by atoms with van der Waals surface area (Å²) in [6, 6.07) is 27.7. The van der Waals surface area contributed by atoms with E-state index in [-0.39, 0.29) is 11.9 Å². The first-order valence-electron chi connectivity index (χ1n) is 11.0. The third kappa shape index (κ3) is 4.79. The Morgan fingerprint density at radius 3 is 2.12 bits per heavy atom. The molecule has 2 heterocycles. The molecule has 5 rings (SSSR count).